The van der Waals surface area contributed by atoms with E-state index in [4.69, 9.17) is 4.74 Å². The summed E-state index contributed by atoms with van der Waals surface area (Å²) in [5.74, 6) is 0.150. The summed E-state index contributed by atoms with van der Waals surface area (Å²) in [6.45, 7) is 1.72. The van der Waals surface area contributed by atoms with Crippen LogP contribution in [0.3, 0.4) is 0 Å². The van der Waals surface area contributed by atoms with Gasteiger partial charge in [-0.2, -0.15) is 0 Å². The molecular weight excluding hydrogens is 166 g/mol. The molecule has 0 unspecified atom stereocenters. The number of aliphatic imine (C=N–C) groups is 1. The summed E-state index contributed by atoms with van der Waals surface area (Å²) in [6, 6.07) is 9.04. The van der Waals surface area contributed by atoms with E-state index in [1.807, 2.05) is 30.3 Å². The first-order valence-corrected chi connectivity index (χ1v) is 4.12. The van der Waals surface area contributed by atoms with Crippen molar-refractivity contribution in [1.82, 2.24) is 0 Å². The van der Waals surface area contributed by atoms with Crippen molar-refractivity contribution in [2.75, 3.05) is 0 Å². The highest BCUT2D eigenvalue weighted by molar-refractivity contribution is 6.05. The third-order valence-corrected chi connectivity index (χ3v) is 1.87. The standard InChI is InChI=1S/C10H9NO2/c1-7-10(12)13-9(11-7)8-5-3-2-4-6-8/h2-7H,1H3/t7-/m0/s1. The van der Waals surface area contributed by atoms with Crippen molar-refractivity contribution in [1.29, 1.82) is 0 Å². The minimum absolute atomic E-state index is 0.279. The van der Waals surface area contributed by atoms with Crippen LogP contribution in [0.2, 0.25) is 0 Å². The summed E-state index contributed by atoms with van der Waals surface area (Å²) >= 11 is 0. The Morgan fingerprint density at radius 1 is 1.31 bits per heavy atom. The molecule has 1 atom stereocenters. The zero-order valence-corrected chi connectivity index (χ0v) is 7.23. The minimum atomic E-state index is -0.366. The minimum Gasteiger partial charge on any atom is -0.406 e. The van der Waals surface area contributed by atoms with Crippen molar-refractivity contribution in [3.8, 4) is 0 Å². The Morgan fingerprint density at radius 3 is 2.54 bits per heavy atom. The number of benzene rings is 1. The SMILES string of the molecule is C[C@@H]1N=C(c2ccccc2)OC1=O. The lowest BCUT2D eigenvalue weighted by Gasteiger charge is -1.97. The van der Waals surface area contributed by atoms with Crippen molar-refractivity contribution >= 4 is 11.9 Å². The van der Waals surface area contributed by atoms with Crippen molar-refractivity contribution in [2.24, 2.45) is 4.99 Å². The normalized spacial score (nSPS) is 21.2. The van der Waals surface area contributed by atoms with Gasteiger partial charge in [0.1, 0.15) is 6.04 Å². The quantitative estimate of drug-likeness (QED) is 0.605. The highest BCUT2D eigenvalue weighted by Crippen LogP contribution is 2.12. The molecule has 66 valence electrons. The molecule has 1 heterocycles. The molecule has 1 aliphatic rings. The number of hydrogen-bond acceptors (Lipinski definition) is 3. The van der Waals surface area contributed by atoms with E-state index in [0.29, 0.717) is 5.90 Å². The van der Waals surface area contributed by atoms with Crippen LogP contribution in [0.5, 0.6) is 0 Å². The highest BCUT2D eigenvalue weighted by atomic mass is 16.6. The maximum absolute atomic E-state index is 11.0. The van der Waals surface area contributed by atoms with Crippen molar-refractivity contribution in [3.05, 3.63) is 35.9 Å². The maximum atomic E-state index is 11.0. The molecule has 0 aromatic heterocycles. The van der Waals surface area contributed by atoms with Crippen LogP contribution in [0, 0.1) is 0 Å². The van der Waals surface area contributed by atoms with Gasteiger partial charge in [0.15, 0.2) is 0 Å². The largest absolute Gasteiger partial charge is 0.406 e. The summed E-state index contributed by atoms with van der Waals surface area (Å²) in [6.07, 6.45) is 0. The average Bonchev–Trinajstić information content (AvgIpc) is 2.49. The maximum Gasteiger partial charge on any atom is 0.337 e. The fourth-order valence-corrected chi connectivity index (χ4v) is 1.15. The zero-order valence-electron chi connectivity index (χ0n) is 7.23. The van der Waals surface area contributed by atoms with E-state index in [1.54, 1.807) is 6.92 Å². The smallest absolute Gasteiger partial charge is 0.337 e. The Labute approximate surface area is 76.1 Å². The van der Waals surface area contributed by atoms with E-state index < -0.39 is 0 Å². The van der Waals surface area contributed by atoms with Gasteiger partial charge >= 0.3 is 5.97 Å². The second-order valence-electron chi connectivity index (χ2n) is 2.90. The van der Waals surface area contributed by atoms with Gasteiger partial charge in [0, 0.05) is 5.56 Å². The summed E-state index contributed by atoms with van der Waals surface area (Å²) in [7, 11) is 0. The molecule has 0 aliphatic carbocycles. The predicted octanol–water partition coefficient (Wildman–Crippen LogP) is 1.38. The summed E-state index contributed by atoms with van der Waals surface area (Å²) in [5, 5.41) is 0. The molecule has 0 saturated carbocycles. The third-order valence-electron chi connectivity index (χ3n) is 1.87. The Balaban J connectivity index is 2.30. The molecule has 3 nitrogen and oxygen atoms in total. The molecule has 0 fully saturated rings. The Kier molecular flexibility index (Phi) is 1.85. The molecular formula is C10H9NO2. The number of esters is 1. The lowest BCUT2D eigenvalue weighted by Crippen LogP contribution is -2.10. The number of nitrogens with zero attached hydrogens (tertiary/aromatic N) is 1. The monoisotopic (exact) mass is 175 g/mol. The summed E-state index contributed by atoms with van der Waals surface area (Å²) in [5.41, 5.74) is 0.847. The molecule has 2 rings (SSSR count). The van der Waals surface area contributed by atoms with Crippen molar-refractivity contribution < 1.29 is 9.53 Å². The van der Waals surface area contributed by atoms with Gasteiger partial charge in [-0.25, -0.2) is 9.79 Å². The van der Waals surface area contributed by atoms with Crippen LogP contribution >= 0.6 is 0 Å². The average molecular weight is 175 g/mol. The molecule has 3 heteroatoms. The fraction of sp³-hybridized carbons (Fsp3) is 0.200. The van der Waals surface area contributed by atoms with E-state index in [-0.39, 0.29) is 12.0 Å². The first-order chi connectivity index (χ1) is 6.27. The van der Waals surface area contributed by atoms with Gasteiger partial charge in [0.2, 0.25) is 5.90 Å². The second-order valence-corrected chi connectivity index (χ2v) is 2.90. The van der Waals surface area contributed by atoms with Crippen LogP contribution in [-0.4, -0.2) is 17.9 Å². The topological polar surface area (TPSA) is 38.7 Å². The van der Waals surface area contributed by atoms with Gasteiger partial charge < -0.3 is 4.74 Å². The fourth-order valence-electron chi connectivity index (χ4n) is 1.15. The molecule has 0 spiro atoms. The summed E-state index contributed by atoms with van der Waals surface area (Å²) in [4.78, 5) is 15.1. The van der Waals surface area contributed by atoms with Crippen molar-refractivity contribution in [2.45, 2.75) is 13.0 Å². The molecule has 0 radical (unpaired) electrons. The van der Waals surface area contributed by atoms with Crippen LogP contribution < -0.4 is 0 Å². The van der Waals surface area contributed by atoms with E-state index in [2.05, 4.69) is 4.99 Å². The third kappa shape index (κ3) is 1.45. The predicted molar refractivity (Wildman–Crippen MR) is 48.5 cm³/mol. The van der Waals surface area contributed by atoms with Crippen LogP contribution in [0.15, 0.2) is 35.3 Å². The number of rotatable bonds is 1. The molecule has 0 N–H and O–H groups in total. The first kappa shape index (κ1) is 7.98. The number of cyclic esters (lactones) is 1. The molecule has 1 aliphatic heterocycles. The number of ether oxygens (including phenoxy) is 1. The second kappa shape index (κ2) is 3.01. The van der Waals surface area contributed by atoms with Crippen LogP contribution in [0.1, 0.15) is 12.5 Å². The zero-order chi connectivity index (χ0) is 9.26. The van der Waals surface area contributed by atoms with E-state index in [0.717, 1.165) is 5.56 Å². The van der Waals surface area contributed by atoms with E-state index >= 15 is 0 Å². The lowest BCUT2D eigenvalue weighted by molar-refractivity contribution is -0.134. The summed E-state index contributed by atoms with van der Waals surface area (Å²) < 4.78 is 4.97. The Hall–Kier alpha value is -1.64. The van der Waals surface area contributed by atoms with Crippen LogP contribution in [-0.2, 0) is 9.53 Å². The molecule has 0 bridgehead atoms. The van der Waals surface area contributed by atoms with Gasteiger partial charge in [0.25, 0.3) is 0 Å². The molecule has 1 aromatic rings. The number of carbonyl (C=O) groups is 1. The van der Waals surface area contributed by atoms with Crippen LogP contribution in [0.25, 0.3) is 0 Å². The molecule has 0 amide bonds. The lowest BCUT2D eigenvalue weighted by atomic mass is 10.2. The molecule has 1 aromatic carbocycles. The van der Waals surface area contributed by atoms with Gasteiger partial charge in [-0.3, -0.25) is 0 Å². The van der Waals surface area contributed by atoms with Crippen molar-refractivity contribution in [3.63, 3.8) is 0 Å². The first-order valence-electron chi connectivity index (χ1n) is 4.12. The van der Waals surface area contributed by atoms with Gasteiger partial charge in [0.05, 0.1) is 0 Å². The van der Waals surface area contributed by atoms with Gasteiger partial charge in [-0.15, -0.1) is 0 Å². The Morgan fingerprint density at radius 2 is 2.00 bits per heavy atom. The van der Waals surface area contributed by atoms with Crippen LogP contribution in [0.4, 0.5) is 0 Å². The Bertz CT molecular complexity index is 356. The van der Waals surface area contributed by atoms with Gasteiger partial charge in [-0.1, -0.05) is 18.2 Å². The number of carbonyl (C=O) groups excluding carboxylic acids is 1. The van der Waals surface area contributed by atoms with E-state index in [1.165, 1.54) is 0 Å². The molecule has 13 heavy (non-hydrogen) atoms. The van der Waals surface area contributed by atoms with E-state index in [9.17, 15) is 4.79 Å². The van der Waals surface area contributed by atoms with Gasteiger partial charge in [-0.05, 0) is 19.1 Å². The highest BCUT2D eigenvalue weighted by Gasteiger charge is 2.25. The number of hydrogen-bond donors (Lipinski definition) is 0. The molecule has 0 saturated heterocycles.